The molecule has 0 radical (unpaired) electrons. The van der Waals surface area contributed by atoms with E-state index < -0.39 is 0 Å². The molecule has 0 saturated heterocycles. The minimum absolute atomic E-state index is 0.0959. The van der Waals surface area contributed by atoms with Gasteiger partial charge in [0.1, 0.15) is 10.7 Å². The fourth-order valence-corrected chi connectivity index (χ4v) is 5.22. The van der Waals surface area contributed by atoms with Crippen LogP contribution in [0.3, 0.4) is 0 Å². The molecule has 2 aromatic carbocycles. The Kier molecular flexibility index (Phi) is 9.79. The minimum atomic E-state index is -0.211. The molecule has 1 aliphatic heterocycles. The standard InChI is InChI=1S/C27H24IN7OS.C2H6/c1-17-15-30-32-22(17)12-21(11-18-6-5-7-19(10-18)14-29)35(28)27(36)25-16-37-26(31-25)24-13-23(33-34-24)20-8-3-2-4-9-20;1-2/h2-11,13,15-16,22,32H,1,12,14,29H2,(H,33,34);1-2H3/b21-11-;. The molecule has 1 aliphatic rings. The number of nitrogens with one attached hydrogen (secondary N) is 2. The van der Waals surface area contributed by atoms with Crippen molar-refractivity contribution in [3.8, 4) is 22.0 Å². The Bertz CT molecular complexity index is 1490. The number of nitrogens with zero attached hydrogens (tertiary/aromatic N) is 4. The normalized spacial score (nSPS) is 14.5. The third-order valence-corrected chi connectivity index (χ3v) is 7.81. The van der Waals surface area contributed by atoms with Crippen LogP contribution in [0, 0.1) is 0 Å². The number of thiazole rings is 1. The summed E-state index contributed by atoms with van der Waals surface area (Å²) in [5.41, 5.74) is 15.5. The summed E-state index contributed by atoms with van der Waals surface area (Å²) in [6.45, 7) is 8.51. The average Bonchev–Trinajstić information content (AvgIpc) is 3.75. The van der Waals surface area contributed by atoms with Crippen LogP contribution >= 0.6 is 34.2 Å². The lowest BCUT2D eigenvalue weighted by Crippen LogP contribution is -2.28. The molecular weight excluding hydrogens is 621 g/mol. The topological polar surface area (TPSA) is 112 Å². The van der Waals surface area contributed by atoms with Crippen LogP contribution in [0.1, 0.15) is 41.9 Å². The molecule has 4 aromatic rings. The first-order valence-corrected chi connectivity index (χ1v) is 14.4. The number of hydrazone groups is 1. The van der Waals surface area contributed by atoms with Crippen molar-refractivity contribution < 1.29 is 4.79 Å². The van der Waals surface area contributed by atoms with E-state index in [9.17, 15) is 4.79 Å². The lowest BCUT2D eigenvalue weighted by Gasteiger charge is -2.21. The number of amides is 1. The highest BCUT2D eigenvalue weighted by molar-refractivity contribution is 14.1. The predicted molar refractivity (Wildman–Crippen MR) is 168 cm³/mol. The van der Waals surface area contributed by atoms with Gasteiger partial charge in [-0.05, 0) is 28.8 Å². The molecular formula is C29H30IN7OS. The van der Waals surface area contributed by atoms with Gasteiger partial charge in [-0.25, -0.2) is 4.98 Å². The third-order valence-electron chi connectivity index (χ3n) is 5.87. The monoisotopic (exact) mass is 651 g/mol. The Hall–Kier alpha value is -3.61. The lowest BCUT2D eigenvalue weighted by molar-refractivity contribution is 0.0904. The van der Waals surface area contributed by atoms with Gasteiger partial charge in [0, 0.05) is 29.6 Å². The largest absolute Gasteiger partial charge is 0.326 e. The second kappa shape index (κ2) is 13.5. The average molecular weight is 652 g/mol. The molecule has 39 heavy (non-hydrogen) atoms. The van der Waals surface area contributed by atoms with Crippen molar-refractivity contribution in [1.82, 2.24) is 23.7 Å². The molecule has 0 aliphatic carbocycles. The van der Waals surface area contributed by atoms with E-state index in [4.69, 9.17) is 5.73 Å². The number of aromatic amines is 1. The molecule has 3 heterocycles. The van der Waals surface area contributed by atoms with Gasteiger partial charge < -0.3 is 11.2 Å². The molecule has 5 rings (SSSR count). The van der Waals surface area contributed by atoms with Crippen molar-refractivity contribution in [2.75, 3.05) is 0 Å². The number of hydrogen-bond donors (Lipinski definition) is 3. The zero-order valence-corrected chi connectivity index (χ0v) is 24.7. The molecule has 0 saturated carbocycles. The maximum Gasteiger partial charge on any atom is 0.286 e. The van der Waals surface area contributed by atoms with Gasteiger partial charge in [-0.3, -0.25) is 13.0 Å². The summed E-state index contributed by atoms with van der Waals surface area (Å²) in [4.78, 5) is 18.1. The summed E-state index contributed by atoms with van der Waals surface area (Å²) >= 11 is 3.44. The quantitative estimate of drug-likeness (QED) is 0.150. The Morgan fingerprint density at radius 2 is 1.97 bits per heavy atom. The SMILES string of the molecule is C=C1C=NNC1C/C(=C/c1cccc(CN)c1)N(I)C(=O)c1csc(-c2cc(-c3ccccc3)n[nH]2)n1.CC. The highest BCUT2D eigenvalue weighted by Crippen LogP contribution is 2.29. The fraction of sp³-hybridized carbons (Fsp3) is 0.172. The Morgan fingerprint density at radius 3 is 2.69 bits per heavy atom. The maximum absolute atomic E-state index is 13.5. The van der Waals surface area contributed by atoms with Gasteiger partial charge in [0.25, 0.3) is 5.91 Å². The summed E-state index contributed by atoms with van der Waals surface area (Å²) in [7, 11) is 0. The highest BCUT2D eigenvalue weighted by atomic mass is 127. The van der Waals surface area contributed by atoms with Crippen molar-refractivity contribution in [1.29, 1.82) is 0 Å². The molecule has 0 bridgehead atoms. The number of hydrogen-bond acceptors (Lipinski definition) is 7. The van der Waals surface area contributed by atoms with Crippen LogP contribution in [0.25, 0.3) is 28.0 Å². The second-order valence-corrected chi connectivity index (χ2v) is 10.3. The Labute approximate surface area is 246 Å². The molecule has 200 valence electrons. The Balaban J connectivity index is 0.00000172. The summed E-state index contributed by atoms with van der Waals surface area (Å²) in [5.74, 6) is -0.211. The maximum atomic E-state index is 13.5. The van der Waals surface area contributed by atoms with Gasteiger partial charge in [-0.15, -0.1) is 11.3 Å². The highest BCUT2D eigenvalue weighted by Gasteiger charge is 2.25. The zero-order chi connectivity index (χ0) is 27.8. The number of aromatic nitrogens is 3. The summed E-state index contributed by atoms with van der Waals surface area (Å²) < 4.78 is 1.61. The molecule has 4 N–H and O–H groups in total. The van der Waals surface area contributed by atoms with Crippen LogP contribution in [0.2, 0.25) is 0 Å². The minimum Gasteiger partial charge on any atom is -0.326 e. The Morgan fingerprint density at radius 1 is 1.18 bits per heavy atom. The van der Waals surface area contributed by atoms with Crippen LogP contribution in [0.4, 0.5) is 0 Å². The summed E-state index contributed by atoms with van der Waals surface area (Å²) in [5, 5.41) is 14.0. The van der Waals surface area contributed by atoms with Crippen LogP contribution in [0.15, 0.2) is 89.0 Å². The van der Waals surface area contributed by atoms with E-state index in [1.165, 1.54) is 11.3 Å². The lowest BCUT2D eigenvalue weighted by atomic mass is 10.0. The van der Waals surface area contributed by atoms with Gasteiger partial charge in [0.2, 0.25) is 0 Å². The van der Waals surface area contributed by atoms with Crippen molar-refractivity contribution in [3.63, 3.8) is 0 Å². The number of benzene rings is 2. The van der Waals surface area contributed by atoms with Crippen molar-refractivity contribution >= 4 is 52.4 Å². The molecule has 1 unspecified atom stereocenters. The van der Waals surface area contributed by atoms with Crippen LogP contribution < -0.4 is 11.2 Å². The molecule has 2 aromatic heterocycles. The zero-order valence-electron chi connectivity index (χ0n) is 21.8. The van der Waals surface area contributed by atoms with Crippen molar-refractivity contribution in [2.45, 2.75) is 32.9 Å². The van der Waals surface area contributed by atoms with E-state index in [2.05, 4.69) is 32.3 Å². The van der Waals surface area contributed by atoms with E-state index >= 15 is 0 Å². The first kappa shape index (κ1) is 28.4. The molecule has 10 heteroatoms. The molecule has 0 fully saturated rings. The van der Waals surface area contributed by atoms with Crippen LogP contribution in [0.5, 0.6) is 0 Å². The summed E-state index contributed by atoms with van der Waals surface area (Å²) in [6, 6.07) is 19.7. The summed E-state index contributed by atoms with van der Waals surface area (Å²) in [6.07, 6.45) is 4.22. The number of carbonyl (C=O) groups is 1. The van der Waals surface area contributed by atoms with Crippen molar-refractivity contribution in [3.05, 3.63) is 101 Å². The molecule has 1 amide bonds. The number of halogens is 1. The van der Waals surface area contributed by atoms with Gasteiger partial charge in [0.15, 0.2) is 0 Å². The van der Waals surface area contributed by atoms with Gasteiger partial charge in [-0.1, -0.05) is 75.0 Å². The van der Waals surface area contributed by atoms with E-state index in [1.54, 1.807) is 14.7 Å². The van der Waals surface area contributed by atoms with Gasteiger partial charge in [-0.2, -0.15) is 10.2 Å². The van der Waals surface area contributed by atoms with E-state index in [1.807, 2.05) is 103 Å². The first-order chi connectivity index (χ1) is 19.0. The van der Waals surface area contributed by atoms with Gasteiger partial charge in [0.05, 0.1) is 46.5 Å². The smallest absolute Gasteiger partial charge is 0.286 e. The van der Waals surface area contributed by atoms with Crippen LogP contribution in [-0.4, -0.2) is 36.5 Å². The fourth-order valence-electron chi connectivity index (χ4n) is 3.88. The van der Waals surface area contributed by atoms with Gasteiger partial charge >= 0.3 is 0 Å². The molecule has 8 nitrogen and oxygen atoms in total. The number of carbonyl (C=O) groups excluding carboxylic acids is 1. The molecule has 0 spiro atoms. The third kappa shape index (κ3) is 6.88. The van der Waals surface area contributed by atoms with Crippen LogP contribution in [-0.2, 0) is 6.54 Å². The predicted octanol–water partition coefficient (Wildman–Crippen LogP) is 6.42. The second-order valence-electron chi connectivity index (χ2n) is 8.46. The number of H-pyrrole nitrogens is 1. The van der Waals surface area contributed by atoms with E-state index in [0.717, 1.165) is 39.3 Å². The number of rotatable bonds is 8. The molecule has 1 atom stereocenters. The number of nitrogens with two attached hydrogens (primary N) is 1. The first-order valence-electron chi connectivity index (χ1n) is 12.6. The van der Waals surface area contributed by atoms with E-state index in [0.29, 0.717) is 23.7 Å². The van der Waals surface area contributed by atoms with Crippen molar-refractivity contribution in [2.24, 2.45) is 10.8 Å². The van der Waals surface area contributed by atoms with E-state index in [-0.39, 0.29) is 11.9 Å².